The molecule has 1 N–H and O–H groups in total. The molecule has 5 nitrogen and oxygen atoms in total. The van der Waals surface area contributed by atoms with Gasteiger partial charge in [-0.15, -0.1) is 0 Å². The zero-order valence-corrected chi connectivity index (χ0v) is 13.7. The van der Waals surface area contributed by atoms with Crippen molar-refractivity contribution in [1.29, 1.82) is 0 Å². The molecule has 0 saturated heterocycles. The smallest absolute Gasteiger partial charge is 0.256 e. The van der Waals surface area contributed by atoms with Crippen LogP contribution in [0, 0.1) is 5.82 Å². The fourth-order valence-corrected chi connectivity index (χ4v) is 2.45. The lowest BCUT2D eigenvalue weighted by Gasteiger charge is -2.13. The summed E-state index contributed by atoms with van der Waals surface area (Å²) in [5, 5.41) is 3.44. The Morgan fingerprint density at radius 2 is 2.04 bits per heavy atom. The third-order valence-corrected chi connectivity index (χ3v) is 3.63. The highest BCUT2D eigenvalue weighted by atomic mass is 19.1. The van der Waals surface area contributed by atoms with Crippen LogP contribution in [0.2, 0.25) is 0 Å². The molecule has 0 saturated carbocycles. The molecule has 0 aliphatic carbocycles. The predicted octanol–water partition coefficient (Wildman–Crippen LogP) is 3.65. The Labute approximate surface area is 144 Å². The van der Waals surface area contributed by atoms with E-state index < -0.39 is 5.82 Å². The average molecular weight is 340 g/mol. The van der Waals surface area contributed by atoms with E-state index in [-0.39, 0.29) is 11.6 Å². The van der Waals surface area contributed by atoms with E-state index in [2.05, 4.69) is 10.3 Å². The number of carbonyl (C=O) groups excluding carboxylic acids is 1. The van der Waals surface area contributed by atoms with E-state index in [0.29, 0.717) is 30.0 Å². The molecule has 128 valence electrons. The van der Waals surface area contributed by atoms with Crippen molar-refractivity contribution in [2.75, 3.05) is 25.6 Å². The largest absolute Gasteiger partial charge is 0.489 e. The topological polar surface area (TPSA) is 60.5 Å². The number of nitrogens with zero attached hydrogens (tertiary/aromatic N) is 1. The van der Waals surface area contributed by atoms with Crippen LogP contribution in [0.25, 0.3) is 10.9 Å². The number of amides is 1. The van der Waals surface area contributed by atoms with Crippen LogP contribution in [0.1, 0.15) is 10.4 Å². The standard InChI is InChI=1S/C19H17FN2O3/c1-24-10-11-25-18-8-7-13(20)12-17(18)22-19(23)15-4-2-6-16-14(15)5-3-9-21-16/h2-9,12H,10-11H2,1H3,(H,22,23). The summed E-state index contributed by atoms with van der Waals surface area (Å²) in [4.78, 5) is 16.9. The van der Waals surface area contributed by atoms with Crippen molar-refractivity contribution in [2.45, 2.75) is 0 Å². The molecule has 0 spiro atoms. The van der Waals surface area contributed by atoms with Crippen molar-refractivity contribution < 1.29 is 18.7 Å². The van der Waals surface area contributed by atoms with Gasteiger partial charge >= 0.3 is 0 Å². The molecular formula is C19H17FN2O3. The number of hydrogen-bond donors (Lipinski definition) is 1. The van der Waals surface area contributed by atoms with Crippen molar-refractivity contribution in [3.8, 4) is 5.75 Å². The van der Waals surface area contributed by atoms with Gasteiger partial charge in [0.25, 0.3) is 5.91 Å². The molecular weight excluding hydrogens is 323 g/mol. The normalized spacial score (nSPS) is 10.6. The first-order chi connectivity index (χ1) is 12.2. The van der Waals surface area contributed by atoms with Gasteiger partial charge in [0.1, 0.15) is 18.2 Å². The number of pyridine rings is 1. The first-order valence-electron chi connectivity index (χ1n) is 7.75. The maximum absolute atomic E-state index is 13.6. The predicted molar refractivity (Wildman–Crippen MR) is 93.5 cm³/mol. The Hall–Kier alpha value is -2.99. The molecule has 3 aromatic rings. The summed E-state index contributed by atoms with van der Waals surface area (Å²) in [5.41, 5.74) is 1.44. The van der Waals surface area contributed by atoms with E-state index in [0.717, 1.165) is 5.39 Å². The van der Waals surface area contributed by atoms with E-state index >= 15 is 0 Å². The first kappa shape index (κ1) is 16.9. The number of halogens is 1. The molecule has 6 heteroatoms. The molecule has 0 fully saturated rings. The highest BCUT2D eigenvalue weighted by Crippen LogP contribution is 2.27. The van der Waals surface area contributed by atoms with Crippen molar-refractivity contribution in [2.24, 2.45) is 0 Å². The number of benzene rings is 2. The summed E-state index contributed by atoms with van der Waals surface area (Å²) in [6.45, 7) is 0.683. The number of rotatable bonds is 6. The maximum Gasteiger partial charge on any atom is 0.256 e. The molecule has 1 amide bonds. The van der Waals surface area contributed by atoms with Gasteiger partial charge in [0, 0.05) is 30.3 Å². The van der Waals surface area contributed by atoms with Gasteiger partial charge < -0.3 is 14.8 Å². The highest BCUT2D eigenvalue weighted by molar-refractivity contribution is 6.12. The minimum absolute atomic E-state index is 0.266. The van der Waals surface area contributed by atoms with Crippen molar-refractivity contribution >= 4 is 22.5 Å². The molecule has 0 atom stereocenters. The average Bonchev–Trinajstić information content (AvgIpc) is 2.63. The summed E-state index contributed by atoms with van der Waals surface area (Å²) in [6.07, 6.45) is 1.67. The van der Waals surface area contributed by atoms with Crippen LogP contribution in [-0.2, 0) is 4.74 Å². The number of ether oxygens (including phenoxy) is 2. The number of fused-ring (bicyclic) bond motifs is 1. The fourth-order valence-electron chi connectivity index (χ4n) is 2.45. The molecule has 0 aliphatic rings. The van der Waals surface area contributed by atoms with Crippen molar-refractivity contribution in [3.05, 3.63) is 66.1 Å². The number of nitrogens with one attached hydrogen (secondary N) is 1. The maximum atomic E-state index is 13.6. The lowest BCUT2D eigenvalue weighted by Crippen LogP contribution is -2.14. The summed E-state index contributed by atoms with van der Waals surface area (Å²) in [6, 6.07) is 12.8. The van der Waals surface area contributed by atoms with Crippen LogP contribution in [0.15, 0.2) is 54.7 Å². The van der Waals surface area contributed by atoms with Gasteiger partial charge in [-0.2, -0.15) is 0 Å². The lowest BCUT2D eigenvalue weighted by atomic mass is 10.1. The Bertz CT molecular complexity index is 893. The zero-order chi connectivity index (χ0) is 17.6. The van der Waals surface area contributed by atoms with Crippen LogP contribution in [0.4, 0.5) is 10.1 Å². The SMILES string of the molecule is COCCOc1ccc(F)cc1NC(=O)c1cccc2ncccc12. The Morgan fingerprint density at radius 1 is 1.16 bits per heavy atom. The molecule has 3 rings (SSSR count). The minimum atomic E-state index is -0.464. The molecule has 0 aliphatic heterocycles. The summed E-state index contributed by atoms with van der Waals surface area (Å²) in [7, 11) is 1.56. The molecule has 1 heterocycles. The number of hydrogen-bond acceptors (Lipinski definition) is 4. The van der Waals surface area contributed by atoms with E-state index in [9.17, 15) is 9.18 Å². The Morgan fingerprint density at radius 3 is 2.88 bits per heavy atom. The van der Waals surface area contributed by atoms with Gasteiger partial charge in [-0.1, -0.05) is 12.1 Å². The molecule has 0 unspecified atom stereocenters. The lowest BCUT2D eigenvalue weighted by molar-refractivity contribution is 0.102. The fraction of sp³-hybridized carbons (Fsp3) is 0.158. The van der Waals surface area contributed by atoms with Gasteiger partial charge in [0.05, 0.1) is 17.8 Å². The van der Waals surface area contributed by atoms with Crippen molar-refractivity contribution in [1.82, 2.24) is 4.98 Å². The summed E-state index contributed by atoms with van der Waals surface area (Å²) >= 11 is 0. The second kappa shape index (κ2) is 7.72. The first-order valence-corrected chi connectivity index (χ1v) is 7.75. The zero-order valence-electron chi connectivity index (χ0n) is 13.7. The molecule has 0 radical (unpaired) electrons. The van der Waals surface area contributed by atoms with Crippen molar-refractivity contribution in [3.63, 3.8) is 0 Å². The summed E-state index contributed by atoms with van der Waals surface area (Å²) < 4.78 is 24.1. The quantitative estimate of drug-likeness (QED) is 0.696. The second-order valence-corrected chi connectivity index (χ2v) is 5.31. The second-order valence-electron chi connectivity index (χ2n) is 5.31. The molecule has 25 heavy (non-hydrogen) atoms. The van der Waals surface area contributed by atoms with Crippen LogP contribution < -0.4 is 10.1 Å². The van der Waals surface area contributed by atoms with E-state index in [1.165, 1.54) is 18.2 Å². The minimum Gasteiger partial charge on any atom is -0.489 e. The van der Waals surface area contributed by atoms with E-state index in [1.54, 1.807) is 31.5 Å². The number of carbonyl (C=O) groups is 1. The van der Waals surface area contributed by atoms with Crippen LogP contribution in [0.5, 0.6) is 5.75 Å². The Balaban J connectivity index is 1.88. The van der Waals surface area contributed by atoms with E-state index in [4.69, 9.17) is 9.47 Å². The van der Waals surface area contributed by atoms with Gasteiger partial charge in [-0.05, 0) is 30.3 Å². The molecule has 1 aromatic heterocycles. The van der Waals surface area contributed by atoms with Crippen LogP contribution in [0.3, 0.4) is 0 Å². The molecule has 0 bridgehead atoms. The van der Waals surface area contributed by atoms with Gasteiger partial charge in [-0.25, -0.2) is 4.39 Å². The van der Waals surface area contributed by atoms with Crippen LogP contribution in [-0.4, -0.2) is 31.2 Å². The van der Waals surface area contributed by atoms with Gasteiger partial charge in [0.2, 0.25) is 0 Å². The summed E-state index contributed by atoms with van der Waals surface area (Å²) in [5.74, 6) is -0.445. The highest BCUT2D eigenvalue weighted by Gasteiger charge is 2.14. The molecule has 2 aromatic carbocycles. The number of anilines is 1. The number of aromatic nitrogens is 1. The third kappa shape index (κ3) is 3.92. The third-order valence-electron chi connectivity index (χ3n) is 3.63. The van der Waals surface area contributed by atoms with Crippen LogP contribution >= 0.6 is 0 Å². The Kier molecular flexibility index (Phi) is 5.20. The number of methoxy groups -OCH3 is 1. The monoisotopic (exact) mass is 340 g/mol. The van der Waals surface area contributed by atoms with Gasteiger partial charge in [-0.3, -0.25) is 9.78 Å². The van der Waals surface area contributed by atoms with Gasteiger partial charge in [0.15, 0.2) is 0 Å². The van der Waals surface area contributed by atoms with E-state index in [1.807, 2.05) is 12.1 Å².